The normalized spacial score (nSPS) is 44.9. The quantitative estimate of drug-likeness (QED) is 0.137. The Morgan fingerprint density at radius 1 is 1.16 bits per heavy atom. The highest BCUT2D eigenvalue weighted by molar-refractivity contribution is 5.87. The number of likely N-dealkylation sites (N-methyl/N-ethyl adjacent to an activating group) is 1. The molecule has 218 valence electrons. The summed E-state index contributed by atoms with van der Waals surface area (Å²) in [5.74, 6) is -0.148. The highest BCUT2D eigenvalue weighted by Gasteiger charge is 2.53. The SMILES string of the molecule is CNC1C(O)C(OC2C(NC(=O)C3(O)CNC3)CC(N)C(OC3OC(CN)=CCC3N)C2O)OCC1(C)O. The molecule has 4 aliphatic rings. The van der Waals surface area contributed by atoms with Crippen molar-refractivity contribution < 1.29 is 44.2 Å². The molecular weight excluding hydrogens is 504 g/mol. The molecule has 1 saturated carbocycles. The molecule has 11 atom stereocenters. The molecule has 0 aromatic carbocycles. The number of aliphatic hydroxyl groups is 4. The fraction of sp³-hybridized carbons (Fsp3) is 0.870. The molecule has 0 bridgehead atoms. The van der Waals surface area contributed by atoms with Crippen LogP contribution in [0.4, 0.5) is 0 Å². The first-order valence-electron chi connectivity index (χ1n) is 12.9. The highest BCUT2D eigenvalue weighted by atomic mass is 16.7. The van der Waals surface area contributed by atoms with Crippen molar-refractivity contribution in [1.29, 1.82) is 0 Å². The second kappa shape index (κ2) is 11.6. The Bertz CT molecular complexity index is 874. The molecule has 0 radical (unpaired) electrons. The maximum atomic E-state index is 12.8. The van der Waals surface area contributed by atoms with Crippen molar-refractivity contribution >= 4 is 5.91 Å². The molecule has 15 nitrogen and oxygen atoms in total. The van der Waals surface area contributed by atoms with E-state index in [1.807, 2.05) is 0 Å². The molecule has 0 aromatic rings. The first kappa shape index (κ1) is 29.5. The minimum Gasteiger partial charge on any atom is -0.467 e. The van der Waals surface area contributed by atoms with Gasteiger partial charge in [-0.3, -0.25) is 4.79 Å². The van der Waals surface area contributed by atoms with Gasteiger partial charge in [0.1, 0.15) is 35.8 Å². The lowest BCUT2D eigenvalue weighted by Gasteiger charge is -2.49. The van der Waals surface area contributed by atoms with Gasteiger partial charge in [0.25, 0.3) is 5.91 Å². The number of nitrogens with one attached hydrogen (secondary N) is 3. The summed E-state index contributed by atoms with van der Waals surface area (Å²) in [5, 5.41) is 51.8. The molecule has 11 unspecified atom stereocenters. The average molecular weight is 547 g/mol. The maximum absolute atomic E-state index is 12.8. The summed E-state index contributed by atoms with van der Waals surface area (Å²) in [4.78, 5) is 12.8. The molecule has 2 saturated heterocycles. The lowest BCUT2D eigenvalue weighted by molar-refractivity contribution is -0.304. The number of β-amino-alcohol motifs (C(OH)–C–C–N with tert-alkyl or cyclic N) is 1. The van der Waals surface area contributed by atoms with Crippen LogP contribution in [0.5, 0.6) is 0 Å². The molecule has 38 heavy (non-hydrogen) atoms. The third kappa shape index (κ3) is 5.84. The molecule has 3 aliphatic heterocycles. The van der Waals surface area contributed by atoms with E-state index in [2.05, 4.69) is 16.0 Å². The third-order valence-electron chi connectivity index (χ3n) is 7.75. The monoisotopic (exact) mass is 546 g/mol. The zero-order chi connectivity index (χ0) is 27.8. The topological polar surface area (TPSA) is 249 Å². The van der Waals surface area contributed by atoms with Gasteiger partial charge in [-0.25, -0.2) is 0 Å². The van der Waals surface area contributed by atoms with E-state index in [1.165, 1.54) is 6.92 Å². The number of carbonyl (C=O) groups excluding carboxylic acids is 1. The van der Waals surface area contributed by atoms with E-state index in [0.717, 1.165) is 0 Å². The predicted molar refractivity (Wildman–Crippen MR) is 132 cm³/mol. The lowest BCUT2D eigenvalue weighted by atomic mass is 9.82. The van der Waals surface area contributed by atoms with Gasteiger partial charge >= 0.3 is 0 Å². The van der Waals surface area contributed by atoms with Crippen molar-refractivity contribution in [2.24, 2.45) is 17.2 Å². The van der Waals surface area contributed by atoms with Crippen molar-refractivity contribution in [3.63, 3.8) is 0 Å². The second-order valence-electron chi connectivity index (χ2n) is 10.9. The fourth-order valence-corrected chi connectivity index (χ4v) is 5.36. The van der Waals surface area contributed by atoms with E-state index in [4.69, 9.17) is 36.1 Å². The van der Waals surface area contributed by atoms with Gasteiger partial charge in [0.05, 0.1) is 31.3 Å². The van der Waals surface area contributed by atoms with Crippen LogP contribution in [0, 0.1) is 0 Å². The Morgan fingerprint density at radius 3 is 2.45 bits per heavy atom. The first-order chi connectivity index (χ1) is 17.9. The molecular formula is C23H42N6O9. The van der Waals surface area contributed by atoms with Crippen molar-refractivity contribution in [3.8, 4) is 0 Å². The molecule has 4 rings (SSSR count). The zero-order valence-corrected chi connectivity index (χ0v) is 21.7. The summed E-state index contributed by atoms with van der Waals surface area (Å²) in [7, 11) is 1.58. The van der Waals surface area contributed by atoms with Crippen molar-refractivity contribution in [3.05, 3.63) is 11.8 Å². The lowest BCUT2D eigenvalue weighted by Crippen LogP contribution is -2.72. The van der Waals surface area contributed by atoms with E-state index < -0.39 is 78.3 Å². The van der Waals surface area contributed by atoms with E-state index >= 15 is 0 Å². The largest absolute Gasteiger partial charge is 0.467 e. The Hall–Kier alpha value is -1.47. The van der Waals surface area contributed by atoms with Crippen molar-refractivity contribution in [2.75, 3.05) is 33.3 Å². The summed E-state index contributed by atoms with van der Waals surface area (Å²) < 4.78 is 23.5. The van der Waals surface area contributed by atoms with E-state index in [1.54, 1.807) is 13.1 Å². The molecule has 1 aliphatic carbocycles. The Labute approximate surface area is 221 Å². The van der Waals surface area contributed by atoms with E-state index in [0.29, 0.717) is 12.2 Å². The van der Waals surface area contributed by atoms with Gasteiger partial charge in [-0.2, -0.15) is 0 Å². The van der Waals surface area contributed by atoms with Crippen LogP contribution in [0.25, 0.3) is 0 Å². The minimum absolute atomic E-state index is 0.0781. The van der Waals surface area contributed by atoms with Crippen molar-refractivity contribution in [1.82, 2.24) is 16.0 Å². The van der Waals surface area contributed by atoms with Crippen LogP contribution in [0.15, 0.2) is 11.8 Å². The minimum atomic E-state index is -1.60. The Balaban J connectivity index is 1.54. The summed E-state index contributed by atoms with van der Waals surface area (Å²) in [6.07, 6.45) is -4.83. The molecule has 3 fully saturated rings. The molecule has 0 aromatic heterocycles. The fourth-order valence-electron chi connectivity index (χ4n) is 5.36. The van der Waals surface area contributed by atoms with Crippen LogP contribution in [-0.4, -0.2) is 132 Å². The zero-order valence-electron chi connectivity index (χ0n) is 21.7. The van der Waals surface area contributed by atoms with Crippen LogP contribution in [0.3, 0.4) is 0 Å². The van der Waals surface area contributed by atoms with Gasteiger partial charge in [0, 0.05) is 19.1 Å². The van der Waals surface area contributed by atoms with Gasteiger partial charge < -0.3 is 72.5 Å². The summed E-state index contributed by atoms with van der Waals surface area (Å²) in [6, 6.07) is -3.00. The first-order valence-corrected chi connectivity index (χ1v) is 12.9. The maximum Gasteiger partial charge on any atom is 0.254 e. The van der Waals surface area contributed by atoms with Gasteiger partial charge in [0.15, 0.2) is 11.9 Å². The number of ether oxygens (including phenoxy) is 4. The number of hydrogen-bond donors (Lipinski definition) is 10. The Kier molecular flexibility index (Phi) is 8.98. The van der Waals surface area contributed by atoms with Crippen LogP contribution < -0.4 is 33.2 Å². The van der Waals surface area contributed by atoms with Crippen molar-refractivity contribution in [2.45, 2.75) is 92.1 Å². The van der Waals surface area contributed by atoms with Gasteiger partial charge in [-0.1, -0.05) is 0 Å². The van der Waals surface area contributed by atoms with Gasteiger partial charge in [0.2, 0.25) is 6.29 Å². The standard InChI is InChI=1S/C23H42N6O9/c1-22(33)9-35-20(15(31)18(22)27-2)38-17-13(29-21(32)23(34)7-28-8-23)5-12(26)16(14(17)30)37-19-11(25)4-3-10(6-24)36-19/h3,11-20,27-28,30-31,33-34H,4-9,24-26H2,1-2H3,(H,29,32). The number of carbonyl (C=O) groups is 1. The Morgan fingerprint density at radius 2 is 1.84 bits per heavy atom. The van der Waals surface area contributed by atoms with Gasteiger partial charge in [-0.15, -0.1) is 0 Å². The number of aliphatic hydroxyl groups excluding tert-OH is 2. The number of rotatable bonds is 8. The molecule has 3 heterocycles. The van der Waals surface area contributed by atoms with E-state index in [-0.39, 0.29) is 32.7 Å². The molecule has 13 N–H and O–H groups in total. The predicted octanol–water partition coefficient (Wildman–Crippen LogP) is -5.36. The van der Waals surface area contributed by atoms with Crippen LogP contribution in [-0.2, 0) is 23.7 Å². The smallest absolute Gasteiger partial charge is 0.254 e. The number of nitrogens with two attached hydrogens (primary N) is 3. The summed E-state index contributed by atoms with van der Waals surface area (Å²) in [6.45, 7) is 1.66. The van der Waals surface area contributed by atoms with Crippen LogP contribution in [0.2, 0.25) is 0 Å². The molecule has 15 heteroatoms. The van der Waals surface area contributed by atoms with Crippen LogP contribution in [0.1, 0.15) is 19.8 Å². The number of hydrogen-bond acceptors (Lipinski definition) is 14. The van der Waals surface area contributed by atoms with Crippen LogP contribution >= 0.6 is 0 Å². The summed E-state index contributed by atoms with van der Waals surface area (Å²) >= 11 is 0. The summed E-state index contributed by atoms with van der Waals surface area (Å²) in [5.41, 5.74) is 15.3. The van der Waals surface area contributed by atoms with E-state index in [9.17, 15) is 25.2 Å². The molecule has 0 spiro atoms. The molecule has 1 amide bonds. The van der Waals surface area contributed by atoms with Gasteiger partial charge in [-0.05, 0) is 32.9 Å². The second-order valence-corrected chi connectivity index (χ2v) is 10.9. The third-order valence-corrected chi connectivity index (χ3v) is 7.75. The average Bonchev–Trinajstić information content (AvgIpc) is 2.84. The number of amides is 1. The highest BCUT2D eigenvalue weighted by Crippen LogP contribution is 2.32.